The predicted molar refractivity (Wildman–Crippen MR) is 112 cm³/mol. The first-order valence-corrected chi connectivity index (χ1v) is 11.2. The van der Waals surface area contributed by atoms with Gasteiger partial charge >= 0.3 is 5.97 Å². The lowest BCUT2D eigenvalue weighted by atomic mass is 10.1. The Morgan fingerprint density at radius 1 is 1.00 bits per heavy atom. The zero-order chi connectivity index (χ0) is 21.4. The van der Waals surface area contributed by atoms with Crippen LogP contribution in [0.3, 0.4) is 0 Å². The number of benzene rings is 2. The number of anilines is 1. The predicted octanol–water partition coefficient (Wildman–Crippen LogP) is 4.91. The molecule has 0 aliphatic heterocycles. The molecule has 0 bridgehead atoms. The van der Waals surface area contributed by atoms with Crippen LogP contribution in [-0.4, -0.2) is 21.5 Å². The van der Waals surface area contributed by atoms with Crippen LogP contribution in [0, 0.1) is 19.7 Å². The quantitative estimate of drug-likeness (QED) is 0.437. The highest BCUT2D eigenvalue weighted by atomic mass is 32.2. The molecule has 0 aromatic heterocycles. The number of methoxy groups -OCH3 is 1. The number of hydrogen-bond acceptors (Lipinski definition) is 4. The molecule has 2 aromatic carbocycles. The fourth-order valence-corrected chi connectivity index (χ4v) is 4.36. The van der Waals surface area contributed by atoms with Gasteiger partial charge in [0.05, 0.1) is 17.7 Å². The van der Waals surface area contributed by atoms with Gasteiger partial charge in [-0.25, -0.2) is 12.8 Å². The van der Waals surface area contributed by atoms with Crippen LogP contribution in [0.2, 0.25) is 0 Å². The minimum absolute atomic E-state index is 0.169. The lowest BCUT2D eigenvalue weighted by Crippen LogP contribution is -2.15. The Hall–Kier alpha value is -2.41. The smallest absolute Gasteiger partial charge is 0.305 e. The number of sulfonamides is 1. The van der Waals surface area contributed by atoms with E-state index in [2.05, 4.69) is 9.46 Å². The lowest BCUT2D eigenvalue weighted by Gasteiger charge is -2.14. The summed E-state index contributed by atoms with van der Waals surface area (Å²) in [6, 6.07) is 9.41. The van der Waals surface area contributed by atoms with Crippen molar-refractivity contribution in [3.8, 4) is 0 Å². The molecular weight excluding hydrogens is 393 g/mol. The van der Waals surface area contributed by atoms with E-state index in [4.69, 9.17) is 0 Å². The molecule has 7 heteroatoms. The molecule has 0 atom stereocenters. The first kappa shape index (κ1) is 22.9. The third-order valence-corrected chi connectivity index (χ3v) is 6.16. The summed E-state index contributed by atoms with van der Waals surface area (Å²) in [7, 11) is -2.35. The van der Waals surface area contributed by atoms with E-state index in [0.29, 0.717) is 23.2 Å². The average molecular weight is 422 g/mol. The van der Waals surface area contributed by atoms with E-state index < -0.39 is 15.8 Å². The van der Waals surface area contributed by atoms with Gasteiger partial charge in [0.2, 0.25) is 0 Å². The van der Waals surface area contributed by atoms with Crippen LogP contribution in [-0.2, 0) is 26.0 Å². The Kier molecular flexibility index (Phi) is 8.20. The van der Waals surface area contributed by atoms with Crippen molar-refractivity contribution in [1.29, 1.82) is 0 Å². The minimum Gasteiger partial charge on any atom is -0.469 e. The second-order valence-corrected chi connectivity index (χ2v) is 8.84. The second kappa shape index (κ2) is 10.4. The van der Waals surface area contributed by atoms with Crippen molar-refractivity contribution < 1.29 is 22.3 Å². The van der Waals surface area contributed by atoms with Gasteiger partial charge in [-0.05, 0) is 74.1 Å². The van der Waals surface area contributed by atoms with Gasteiger partial charge in [-0.1, -0.05) is 25.0 Å². The number of ether oxygens (including phenoxy) is 1. The molecule has 29 heavy (non-hydrogen) atoms. The van der Waals surface area contributed by atoms with E-state index >= 15 is 0 Å². The maximum Gasteiger partial charge on any atom is 0.305 e. The fourth-order valence-electron chi connectivity index (χ4n) is 3.15. The van der Waals surface area contributed by atoms with Gasteiger partial charge in [-0.3, -0.25) is 9.52 Å². The molecule has 0 radical (unpaired) electrons. The lowest BCUT2D eigenvalue weighted by molar-refractivity contribution is -0.140. The number of aryl methyl sites for hydroxylation is 3. The minimum atomic E-state index is -3.75. The molecule has 5 nitrogen and oxygen atoms in total. The largest absolute Gasteiger partial charge is 0.469 e. The summed E-state index contributed by atoms with van der Waals surface area (Å²) < 4.78 is 46.0. The van der Waals surface area contributed by atoms with Crippen LogP contribution in [0.1, 0.15) is 48.8 Å². The van der Waals surface area contributed by atoms with Crippen molar-refractivity contribution in [2.45, 2.75) is 57.3 Å². The number of hydrogen-bond donors (Lipinski definition) is 1. The topological polar surface area (TPSA) is 72.5 Å². The van der Waals surface area contributed by atoms with E-state index in [0.717, 1.165) is 37.7 Å². The van der Waals surface area contributed by atoms with Crippen molar-refractivity contribution in [1.82, 2.24) is 0 Å². The molecule has 0 unspecified atom stereocenters. The number of esters is 1. The molecule has 0 heterocycles. The second-order valence-electron chi connectivity index (χ2n) is 7.15. The molecule has 2 rings (SSSR count). The number of halogens is 1. The molecule has 0 saturated carbocycles. The number of carbonyl (C=O) groups is 1. The molecule has 0 aliphatic carbocycles. The molecule has 0 amide bonds. The van der Waals surface area contributed by atoms with Gasteiger partial charge in [0.15, 0.2) is 0 Å². The van der Waals surface area contributed by atoms with Crippen LogP contribution < -0.4 is 4.72 Å². The zero-order valence-electron chi connectivity index (χ0n) is 17.1. The first-order valence-electron chi connectivity index (χ1n) is 9.68. The van der Waals surface area contributed by atoms with Crippen molar-refractivity contribution in [3.05, 3.63) is 58.9 Å². The van der Waals surface area contributed by atoms with Gasteiger partial charge in [0.1, 0.15) is 5.82 Å². The van der Waals surface area contributed by atoms with E-state index in [1.807, 2.05) is 12.1 Å². The molecule has 2 aromatic rings. The van der Waals surface area contributed by atoms with Crippen molar-refractivity contribution in [2.75, 3.05) is 11.8 Å². The Bertz CT molecular complexity index is 917. The summed E-state index contributed by atoms with van der Waals surface area (Å²) in [4.78, 5) is 11.2. The number of rotatable bonds is 10. The fraction of sp³-hybridized carbons (Fsp3) is 0.409. The zero-order valence-corrected chi connectivity index (χ0v) is 17.9. The highest BCUT2D eigenvalue weighted by Crippen LogP contribution is 2.25. The Balaban J connectivity index is 1.91. The Morgan fingerprint density at radius 2 is 1.59 bits per heavy atom. The van der Waals surface area contributed by atoms with Gasteiger partial charge in [-0.15, -0.1) is 0 Å². The monoisotopic (exact) mass is 421 g/mol. The molecular formula is C22H28FNO4S. The van der Waals surface area contributed by atoms with Gasteiger partial charge < -0.3 is 4.74 Å². The number of unbranched alkanes of at least 4 members (excludes halogenated alkanes) is 3. The third kappa shape index (κ3) is 6.85. The number of nitrogens with one attached hydrogen (secondary N) is 1. The summed E-state index contributed by atoms with van der Waals surface area (Å²) in [5.74, 6) is -0.570. The van der Waals surface area contributed by atoms with Gasteiger partial charge in [-0.2, -0.15) is 0 Å². The van der Waals surface area contributed by atoms with Crippen molar-refractivity contribution in [2.24, 2.45) is 0 Å². The van der Waals surface area contributed by atoms with Crippen LogP contribution in [0.15, 0.2) is 41.3 Å². The summed E-state index contributed by atoms with van der Waals surface area (Å²) in [5, 5.41) is 0. The molecule has 0 spiro atoms. The van der Waals surface area contributed by atoms with Gasteiger partial charge in [0, 0.05) is 6.42 Å². The van der Waals surface area contributed by atoms with Crippen LogP contribution in [0.25, 0.3) is 0 Å². The summed E-state index contributed by atoms with van der Waals surface area (Å²) in [5.41, 5.74) is 2.54. The average Bonchev–Trinajstić information content (AvgIpc) is 2.67. The molecule has 1 N–H and O–H groups in total. The SMILES string of the molecule is COC(=O)CCCCCCc1ccc(S(=O)(=O)Nc2c(C)cc(F)cc2C)cc1. The molecule has 0 saturated heterocycles. The molecule has 0 fully saturated rings. The van der Waals surface area contributed by atoms with Crippen molar-refractivity contribution >= 4 is 21.7 Å². The molecule has 158 valence electrons. The summed E-state index contributed by atoms with van der Waals surface area (Å²) in [6.07, 6.45) is 5.05. The van der Waals surface area contributed by atoms with Crippen LogP contribution in [0.4, 0.5) is 10.1 Å². The molecule has 0 aliphatic rings. The van der Waals surface area contributed by atoms with Crippen LogP contribution in [0.5, 0.6) is 0 Å². The number of carbonyl (C=O) groups excluding carboxylic acids is 1. The van der Waals surface area contributed by atoms with Gasteiger partial charge in [0.25, 0.3) is 10.0 Å². The first-order chi connectivity index (χ1) is 13.7. The van der Waals surface area contributed by atoms with E-state index in [-0.39, 0.29) is 10.9 Å². The maximum atomic E-state index is 13.4. The highest BCUT2D eigenvalue weighted by molar-refractivity contribution is 7.92. The maximum absolute atomic E-state index is 13.4. The Labute approximate surface area is 172 Å². The highest BCUT2D eigenvalue weighted by Gasteiger charge is 2.17. The van der Waals surface area contributed by atoms with Crippen molar-refractivity contribution in [3.63, 3.8) is 0 Å². The van der Waals surface area contributed by atoms with E-state index in [9.17, 15) is 17.6 Å². The van der Waals surface area contributed by atoms with Crippen LogP contribution >= 0.6 is 0 Å². The summed E-state index contributed by atoms with van der Waals surface area (Å²) in [6.45, 7) is 3.34. The van der Waals surface area contributed by atoms with E-state index in [1.54, 1.807) is 26.0 Å². The Morgan fingerprint density at radius 3 is 2.17 bits per heavy atom. The normalized spacial score (nSPS) is 11.3. The van der Waals surface area contributed by atoms with E-state index in [1.165, 1.54) is 19.2 Å². The summed E-state index contributed by atoms with van der Waals surface area (Å²) >= 11 is 0. The standard InChI is InChI=1S/C22H28FNO4S/c1-16-14-19(23)15-17(2)22(16)24-29(26,27)20-12-10-18(11-13-20)8-6-4-5-7-9-21(25)28-3/h10-15,24H,4-9H2,1-3H3. The third-order valence-electron chi connectivity index (χ3n) is 4.79.